The molecule has 0 spiro atoms. The molecule has 0 amide bonds. The van der Waals surface area contributed by atoms with E-state index in [1.54, 1.807) is 0 Å². The van der Waals surface area contributed by atoms with Gasteiger partial charge >= 0.3 is 0 Å². The zero-order chi connectivity index (χ0) is 17.6. The van der Waals surface area contributed by atoms with Gasteiger partial charge in [0.2, 0.25) is 0 Å². The van der Waals surface area contributed by atoms with Gasteiger partial charge in [-0.1, -0.05) is 87.6 Å². The topological polar surface area (TPSA) is 3.24 Å². The van der Waals surface area contributed by atoms with E-state index in [0.717, 1.165) is 0 Å². The summed E-state index contributed by atoms with van der Waals surface area (Å²) in [6.45, 7) is 4.67. The fourth-order valence-corrected chi connectivity index (χ4v) is 3.34. The minimum Gasteiger partial charge on any atom is -0.372 e. The molecule has 0 fully saturated rings. The SMILES string of the molecule is CCCCN(CCCCCCCCc1ccccc1)c1ccccc1. The van der Waals surface area contributed by atoms with Crippen molar-refractivity contribution >= 4 is 5.69 Å². The first-order chi connectivity index (χ1) is 12.4. The Morgan fingerprint density at radius 2 is 1.16 bits per heavy atom. The number of nitrogens with zero attached hydrogens (tertiary/aromatic N) is 1. The molecule has 0 heterocycles. The molecule has 0 saturated heterocycles. The average molecular weight is 338 g/mol. The van der Waals surface area contributed by atoms with Crippen LogP contribution >= 0.6 is 0 Å². The maximum absolute atomic E-state index is 2.57. The summed E-state index contributed by atoms with van der Waals surface area (Å²) in [6, 6.07) is 21.8. The number of unbranched alkanes of at least 4 members (excludes halogenated alkanes) is 6. The van der Waals surface area contributed by atoms with Crippen molar-refractivity contribution in [2.45, 2.75) is 64.7 Å². The molecule has 0 radical (unpaired) electrons. The van der Waals surface area contributed by atoms with Crippen LogP contribution in [0.2, 0.25) is 0 Å². The van der Waals surface area contributed by atoms with Crippen molar-refractivity contribution in [1.29, 1.82) is 0 Å². The van der Waals surface area contributed by atoms with Crippen LogP contribution in [-0.2, 0) is 6.42 Å². The molecule has 2 rings (SSSR count). The second kappa shape index (κ2) is 12.6. The van der Waals surface area contributed by atoms with Crippen molar-refractivity contribution in [3.8, 4) is 0 Å². The molecule has 0 aromatic heterocycles. The lowest BCUT2D eigenvalue weighted by atomic mass is 10.0. The number of anilines is 1. The van der Waals surface area contributed by atoms with E-state index in [-0.39, 0.29) is 0 Å². The van der Waals surface area contributed by atoms with Gasteiger partial charge in [-0.05, 0) is 43.4 Å². The van der Waals surface area contributed by atoms with Gasteiger partial charge in [0.1, 0.15) is 0 Å². The smallest absolute Gasteiger partial charge is 0.0366 e. The molecule has 25 heavy (non-hydrogen) atoms. The van der Waals surface area contributed by atoms with Crippen LogP contribution in [0.4, 0.5) is 5.69 Å². The van der Waals surface area contributed by atoms with Gasteiger partial charge in [0.05, 0.1) is 0 Å². The van der Waals surface area contributed by atoms with Crippen LogP contribution in [0.25, 0.3) is 0 Å². The summed E-state index contributed by atoms with van der Waals surface area (Å²) >= 11 is 0. The normalized spacial score (nSPS) is 10.8. The van der Waals surface area contributed by atoms with E-state index < -0.39 is 0 Å². The molecule has 0 aliphatic carbocycles. The van der Waals surface area contributed by atoms with Gasteiger partial charge in [0.15, 0.2) is 0 Å². The highest BCUT2D eigenvalue weighted by molar-refractivity contribution is 5.45. The third-order valence-electron chi connectivity index (χ3n) is 4.89. The number of hydrogen-bond donors (Lipinski definition) is 0. The Labute approximate surface area is 155 Å². The lowest BCUT2D eigenvalue weighted by Gasteiger charge is -2.24. The fourth-order valence-electron chi connectivity index (χ4n) is 3.34. The van der Waals surface area contributed by atoms with Crippen LogP contribution < -0.4 is 4.90 Å². The van der Waals surface area contributed by atoms with Crippen LogP contribution in [0.3, 0.4) is 0 Å². The number of hydrogen-bond acceptors (Lipinski definition) is 1. The van der Waals surface area contributed by atoms with Gasteiger partial charge in [0.25, 0.3) is 0 Å². The molecule has 136 valence electrons. The minimum atomic E-state index is 1.19. The van der Waals surface area contributed by atoms with Crippen molar-refractivity contribution in [2.75, 3.05) is 18.0 Å². The monoisotopic (exact) mass is 337 g/mol. The number of para-hydroxylation sites is 1. The summed E-state index contributed by atoms with van der Waals surface area (Å²) in [5.41, 5.74) is 2.87. The summed E-state index contributed by atoms with van der Waals surface area (Å²) < 4.78 is 0. The lowest BCUT2D eigenvalue weighted by molar-refractivity contribution is 0.583. The highest BCUT2D eigenvalue weighted by atomic mass is 15.1. The number of rotatable bonds is 13. The predicted octanol–water partition coefficient (Wildman–Crippen LogP) is 6.88. The van der Waals surface area contributed by atoms with E-state index in [1.165, 1.54) is 82.1 Å². The van der Waals surface area contributed by atoms with E-state index in [4.69, 9.17) is 0 Å². The third kappa shape index (κ3) is 8.25. The maximum Gasteiger partial charge on any atom is 0.0366 e. The zero-order valence-corrected chi connectivity index (χ0v) is 16.0. The van der Waals surface area contributed by atoms with E-state index in [9.17, 15) is 0 Å². The Hall–Kier alpha value is -1.76. The van der Waals surface area contributed by atoms with E-state index in [0.29, 0.717) is 0 Å². The van der Waals surface area contributed by atoms with Gasteiger partial charge in [-0.3, -0.25) is 0 Å². The van der Waals surface area contributed by atoms with Crippen LogP contribution in [0.15, 0.2) is 60.7 Å². The minimum absolute atomic E-state index is 1.19. The van der Waals surface area contributed by atoms with Gasteiger partial charge in [-0.15, -0.1) is 0 Å². The predicted molar refractivity (Wildman–Crippen MR) is 111 cm³/mol. The van der Waals surface area contributed by atoms with Crippen molar-refractivity contribution < 1.29 is 0 Å². The Bertz CT molecular complexity index is 535. The Balaban J connectivity index is 1.55. The maximum atomic E-state index is 2.57. The Kier molecular flexibility index (Phi) is 9.84. The lowest BCUT2D eigenvalue weighted by Crippen LogP contribution is -2.25. The first-order valence-electron chi connectivity index (χ1n) is 10.2. The number of benzene rings is 2. The molecule has 0 saturated carbocycles. The quantitative estimate of drug-likeness (QED) is 0.360. The van der Waals surface area contributed by atoms with Crippen molar-refractivity contribution in [3.05, 3.63) is 66.2 Å². The summed E-state index contributed by atoms with van der Waals surface area (Å²) in [5.74, 6) is 0. The van der Waals surface area contributed by atoms with Gasteiger partial charge in [-0.25, -0.2) is 0 Å². The molecule has 0 aliphatic rings. The molecule has 0 N–H and O–H groups in total. The summed E-state index contributed by atoms with van der Waals surface area (Å²) in [6.07, 6.45) is 11.9. The van der Waals surface area contributed by atoms with Crippen molar-refractivity contribution in [2.24, 2.45) is 0 Å². The largest absolute Gasteiger partial charge is 0.372 e. The second-order valence-electron chi connectivity index (χ2n) is 7.03. The molecular weight excluding hydrogens is 302 g/mol. The van der Waals surface area contributed by atoms with Crippen LogP contribution in [0, 0.1) is 0 Å². The molecular formula is C24H35N. The van der Waals surface area contributed by atoms with E-state index in [2.05, 4.69) is 72.5 Å². The van der Waals surface area contributed by atoms with E-state index in [1.807, 2.05) is 0 Å². The summed E-state index contributed by atoms with van der Waals surface area (Å²) in [4.78, 5) is 2.57. The van der Waals surface area contributed by atoms with Gasteiger partial charge in [-0.2, -0.15) is 0 Å². The molecule has 1 heteroatoms. The average Bonchev–Trinajstić information content (AvgIpc) is 2.67. The zero-order valence-electron chi connectivity index (χ0n) is 16.0. The molecule has 2 aromatic carbocycles. The Morgan fingerprint density at radius 3 is 1.84 bits per heavy atom. The molecule has 0 aliphatic heterocycles. The van der Waals surface area contributed by atoms with Gasteiger partial charge in [0, 0.05) is 18.8 Å². The first kappa shape index (κ1) is 19.6. The van der Waals surface area contributed by atoms with Crippen LogP contribution in [0.5, 0.6) is 0 Å². The fraction of sp³-hybridized carbons (Fsp3) is 0.500. The molecule has 2 aromatic rings. The molecule has 0 bridgehead atoms. The van der Waals surface area contributed by atoms with Crippen molar-refractivity contribution in [3.63, 3.8) is 0 Å². The highest BCUT2D eigenvalue weighted by Gasteiger charge is 2.05. The highest BCUT2D eigenvalue weighted by Crippen LogP contribution is 2.16. The first-order valence-corrected chi connectivity index (χ1v) is 10.2. The second-order valence-corrected chi connectivity index (χ2v) is 7.03. The Morgan fingerprint density at radius 1 is 0.600 bits per heavy atom. The van der Waals surface area contributed by atoms with Crippen LogP contribution in [-0.4, -0.2) is 13.1 Å². The van der Waals surface area contributed by atoms with Crippen LogP contribution in [0.1, 0.15) is 63.9 Å². The summed E-state index contributed by atoms with van der Waals surface area (Å²) in [5, 5.41) is 0. The van der Waals surface area contributed by atoms with E-state index >= 15 is 0 Å². The standard InChI is InChI=1S/C24H35N/c1-2-3-21-25(24-19-13-9-14-20-24)22-15-7-5-4-6-10-16-23-17-11-8-12-18-23/h8-9,11-14,17-20H,2-7,10,15-16,21-22H2,1H3. The third-order valence-corrected chi connectivity index (χ3v) is 4.89. The molecule has 0 atom stereocenters. The van der Waals surface area contributed by atoms with Crippen molar-refractivity contribution in [1.82, 2.24) is 0 Å². The van der Waals surface area contributed by atoms with Gasteiger partial charge < -0.3 is 4.90 Å². The number of aryl methyl sites for hydroxylation is 1. The molecule has 1 nitrogen and oxygen atoms in total. The molecule has 0 unspecified atom stereocenters. The summed E-state index contributed by atoms with van der Waals surface area (Å²) in [7, 11) is 0.